The summed E-state index contributed by atoms with van der Waals surface area (Å²) >= 11 is 0. The molecule has 2 nitrogen and oxygen atoms in total. The second-order valence-corrected chi connectivity index (χ2v) is 8.14. The lowest BCUT2D eigenvalue weighted by atomic mass is 9.53. The Labute approximate surface area is 134 Å². The maximum atomic E-state index is 10.5. The van der Waals surface area contributed by atoms with Crippen molar-refractivity contribution in [3.63, 3.8) is 0 Å². The number of aliphatic hydroxyl groups excluding tert-OH is 1. The van der Waals surface area contributed by atoms with Crippen LogP contribution in [0.3, 0.4) is 0 Å². The summed E-state index contributed by atoms with van der Waals surface area (Å²) in [6.45, 7) is 2.06. The van der Waals surface area contributed by atoms with Gasteiger partial charge >= 0.3 is 0 Å². The van der Waals surface area contributed by atoms with Crippen molar-refractivity contribution < 1.29 is 9.84 Å². The molecule has 0 amide bonds. The molecule has 4 aliphatic rings. The van der Waals surface area contributed by atoms with Gasteiger partial charge in [-0.1, -0.05) is 17.6 Å². The van der Waals surface area contributed by atoms with Crippen LogP contribution in [0.15, 0.2) is 23.0 Å². The fourth-order valence-corrected chi connectivity index (χ4v) is 6.48. The average molecular weight is 302 g/mol. The molecule has 0 bridgehead atoms. The monoisotopic (exact) mass is 302 g/mol. The molecule has 0 saturated heterocycles. The lowest BCUT2D eigenvalue weighted by Crippen LogP contribution is -2.47. The lowest BCUT2D eigenvalue weighted by Gasteiger charge is -2.52. The van der Waals surface area contributed by atoms with Gasteiger partial charge in [-0.15, -0.1) is 0 Å². The number of aliphatic hydroxyl groups is 1. The summed E-state index contributed by atoms with van der Waals surface area (Å²) in [5.41, 5.74) is 3.69. The molecule has 0 heterocycles. The van der Waals surface area contributed by atoms with Gasteiger partial charge in [0.2, 0.25) is 0 Å². The van der Waals surface area contributed by atoms with Crippen LogP contribution in [-0.4, -0.2) is 18.3 Å². The molecule has 4 rings (SSSR count). The van der Waals surface area contributed by atoms with E-state index in [-0.39, 0.29) is 11.5 Å². The summed E-state index contributed by atoms with van der Waals surface area (Å²) in [6, 6.07) is 0. The number of fused-ring (bicyclic) bond motifs is 4. The molecule has 0 spiro atoms. The Morgan fingerprint density at radius 3 is 2.91 bits per heavy atom. The maximum absolute atomic E-state index is 10.5. The molecule has 2 fully saturated rings. The van der Waals surface area contributed by atoms with E-state index in [0.717, 1.165) is 30.6 Å². The van der Waals surface area contributed by atoms with Gasteiger partial charge in [0.15, 0.2) is 0 Å². The van der Waals surface area contributed by atoms with E-state index < -0.39 is 0 Å². The Kier molecular flexibility index (Phi) is 3.64. The van der Waals surface area contributed by atoms with Crippen molar-refractivity contribution in [3.8, 4) is 0 Å². The highest BCUT2D eigenvalue weighted by Crippen LogP contribution is 2.62. The van der Waals surface area contributed by atoms with Gasteiger partial charge in [0.25, 0.3) is 0 Å². The van der Waals surface area contributed by atoms with Crippen molar-refractivity contribution in [3.05, 3.63) is 23.0 Å². The Morgan fingerprint density at radius 1 is 1.27 bits per heavy atom. The number of rotatable bonds is 2. The van der Waals surface area contributed by atoms with Gasteiger partial charge < -0.3 is 9.84 Å². The fourth-order valence-electron chi connectivity index (χ4n) is 6.48. The van der Waals surface area contributed by atoms with E-state index in [9.17, 15) is 5.11 Å². The van der Waals surface area contributed by atoms with E-state index >= 15 is 0 Å². The highest BCUT2D eigenvalue weighted by molar-refractivity contribution is 5.32. The van der Waals surface area contributed by atoms with Gasteiger partial charge in [-0.05, 0) is 81.1 Å². The quantitative estimate of drug-likeness (QED) is 0.756. The summed E-state index contributed by atoms with van der Waals surface area (Å²) in [7, 11) is 1.80. The van der Waals surface area contributed by atoms with Gasteiger partial charge in [0, 0.05) is 6.42 Å². The SMILES string of the molecule is COC1=CCC2=C(CC[C@@H]3[C@@H]2CC[C@]2(C(C)O)CCC[C@@H]32)C1. The third-order valence-corrected chi connectivity index (χ3v) is 7.56. The predicted octanol–water partition coefficient (Wildman–Crippen LogP) is 4.59. The molecule has 1 unspecified atom stereocenters. The molecule has 2 saturated carbocycles. The number of allylic oxidation sites excluding steroid dienone is 3. The molecule has 0 radical (unpaired) electrons. The van der Waals surface area contributed by atoms with Gasteiger partial charge in [0.05, 0.1) is 19.0 Å². The van der Waals surface area contributed by atoms with Crippen molar-refractivity contribution in [2.75, 3.05) is 7.11 Å². The smallest absolute Gasteiger partial charge is 0.0959 e. The van der Waals surface area contributed by atoms with E-state index in [0.29, 0.717) is 0 Å². The largest absolute Gasteiger partial charge is 0.501 e. The van der Waals surface area contributed by atoms with Crippen LogP contribution in [0.1, 0.15) is 64.7 Å². The summed E-state index contributed by atoms with van der Waals surface area (Å²) in [4.78, 5) is 0. The van der Waals surface area contributed by atoms with Crippen LogP contribution in [-0.2, 0) is 4.74 Å². The van der Waals surface area contributed by atoms with Crippen molar-refractivity contribution in [2.24, 2.45) is 23.2 Å². The summed E-state index contributed by atoms with van der Waals surface area (Å²) in [6.07, 6.45) is 13.5. The highest BCUT2D eigenvalue weighted by atomic mass is 16.5. The first-order valence-corrected chi connectivity index (χ1v) is 9.27. The van der Waals surface area contributed by atoms with Crippen LogP contribution in [0.4, 0.5) is 0 Å². The highest BCUT2D eigenvalue weighted by Gasteiger charge is 2.55. The zero-order valence-corrected chi connectivity index (χ0v) is 14.1. The van der Waals surface area contributed by atoms with E-state index in [1.165, 1.54) is 50.7 Å². The molecular weight excluding hydrogens is 272 g/mol. The van der Waals surface area contributed by atoms with Crippen LogP contribution in [0, 0.1) is 23.2 Å². The normalized spacial score (nSPS) is 42.1. The molecule has 0 aromatic carbocycles. The standard InChI is InChI=1S/C20H30O2/c1-13(21)20-10-3-4-19(20)18-7-5-14-12-15(22-2)6-8-16(14)17(18)9-11-20/h6,13,17-19,21H,3-5,7-12H2,1-2H3/t13?,17-,18-,19+,20+/m1/s1. The molecule has 1 N–H and O–H groups in total. The van der Waals surface area contributed by atoms with E-state index in [1.807, 2.05) is 0 Å². The minimum atomic E-state index is -0.123. The van der Waals surface area contributed by atoms with E-state index in [1.54, 1.807) is 18.3 Å². The summed E-state index contributed by atoms with van der Waals surface area (Å²) in [5.74, 6) is 3.58. The number of hydrogen-bond acceptors (Lipinski definition) is 2. The fraction of sp³-hybridized carbons (Fsp3) is 0.800. The Morgan fingerprint density at radius 2 is 2.14 bits per heavy atom. The maximum Gasteiger partial charge on any atom is 0.0959 e. The topological polar surface area (TPSA) is 29.5 Å². The number of methoxy groups -OCH3 is 1. The molecule has 0 aliphatic heterocycles. The zero-order chi connectivity index (χ0) is 15.3. The van der Waals surface area contributed by atoms with Crippen LogP contribution in [0.5, 0.6) is 0 Å². The first-order valence-electron chi connectivity index (χ1n) is 9.27. The van der Waals surface area contributed by atoms with Crippen molar-refractivity contribution >= 4 is 0 Å². The van der Waals surface area contributed by atoms with Crippen LogP contribution < -0.4 is 0 Å². The Bertz CT molecular complexity index is 516. The van der Waals surface area contributed by atoms with E-state index in [2.05, 4.69) is 13.0 Å². The first kappa shape index (κ1) is 14.8. The van der Waals surface area contributed by atoms with Gasteiger partial charge in [-0.2, -0.15) is 0 Å². The second kappa shape index (κ2) is 5.40. The van der Waals surface area contributed by atoms with Crippen LogP contribution in [0.2, 0.25) is 0 Å². The lowest BCUT2D eigenvalue weighted by molar-refractivity contribution is -0.0608. The first-order chi connectivity index (χ1) is 10.7. The minimum absolute atomic E-state index is 0.123. The van der Waals surface area contributed by atoms with Crippen LogP contribution in [0.25, 0.3) is 0 Å². The molecule has 0 aromatic rings. The van der Waals surface area contributed by atoms with Gasteiger partial charge in [-0.3, -0.25) is 0 Å². The number of ether oxygens (including phenoxy) is 1. The van der Waals surface area contributed by atoms with Crippen molar-refractivity contribution in [2.45, 2.75) is 70.8 Å². The summed E-state index contributed by atoms with van der Waals surface area (Å²) < 4.78 is 5.49. The Balaban J connectivity index is 1.61. The predicted molar refractivity (Wildman–Crippen MR) is 88.3 cm³/mol. The molecule has 4 aliphatic carbocycles. The zero-order valence-electron chi connectivity index (χ0n) is 14.1. The second-order valence-electron chi connectivity index (χ2n) is 8.14. The molecular formula is C20H30O2. The molecule has 2 heteroatoms. The number of hydrogen-bond donors (Lipinski definition) is 1. The molecule has 22 heavy (non-hydrogen) atoms. The van der Waals surface area contributed by atoms with Gasteiger partial charge in [0.1, 0.15) is 0 Å². The third-order valence-electron chi connectivity index (χ3n) is 7.56. The Hall–Kier alpha value is -0.760. The van der Waals surface area contributed by atoms with E-state index in [4.69, 9.17) is 4.74 Å². The van der Waals surface area contributed by atoms with Crippen molar-refractivity contribution in [1.82, 2.24) is 0 Å². The van der Waals surface area contributed by atoms with Crippen molar-refractivity contribution in [1.29, 1.82) is 0 Å². The minimum Gasteiger partial charge on any atom is -0.501 e. The summed E-state index contributed by atoms with van der Waals surface area (Å²) in [5, 5.41) is 10.5. The third kappa shape index (κ3) is 2.02. The molecule has 0 aromatic heterocycles. The molecule has 5 atom stereocenters. The van der Waals surface area contributed by atoms with Crippen LogP contribution >= 0.6 is 0 Å². The van der Waals surface area contributed by atoms with Gasteiger partial charge in [-0.25, -0.2) is 0 Å². The molecule has 122 valence electrons. The average Bonchev–Trinajstić information content (AvgIpc) is 2.99.